The number of nitrogens with one attached hydrogen (secondary N) is 5. The van der Waals surface area contributed by atoms with Gasteiger partial charge in [0, 0.05) is 31.4 Å². The van der Waals surface area contributed by atoms with Gasteiger partial charge in [-0.2, -0.15) is 0 Å². The average molecular weight is 609 g/mol. The summed E-state index contributed by atoms with van der Waals surface area (Å²) in [5.74, 6) is -7.76. The molecule has 0 radical (unpaired) electrons. The number of carboxylic acid groups (broad SMARTS) is 3. The third-order valence-electron chi connectivity index (χ3n) is 4.92. The van der Waals surface area contributed by atoms with Crippen LogP contribution in [0.1, 0.15) is 44.9 Å². The van der Waals surface area contributed by atoms with Crippen molar-refractivity contribution in [1.29, 1.82) is 0 Å². The number of hydrogen-bond acceptors (Lipinski definition) is 9. The Balaban J connectivity index is 5.14. The molecule has 0 aliphatic heterocycles. The quantitative estimate of drug-likeness (QED) is 0.0446. The Morgan fingerprint density at radius 1 is 0.683 bits per heavy atom. The van der Waals surface area contributed by atoms with Gasteiger partial charge in [-0.15, -0.1) is 0 Å². The lowest BCUT2D eigenvalue weighted by atomic mass is 10.1. The first kappa shape index (κ1) is 36.9. The highest BCUT2D eigenvalue weighted by molar-refractivity contribution is 7.94. The van der Waals surface area contributed by atoms with Crippen LogP contribution in [-0.2, 0) is 42.5 Å². The molecule has 0 bridgehead atoms. The lowest BCUT2D eigenvalue weighted by molar-refractivity contribution is -0.138. The fourth-order valence-corrected chi connectivity index (χ4v) is 3.63. The highest BCUT2D eigenvalue weighted by Gasteiger charge is 2.25. The van der Waals surface area contributed by atoms with E-state index in [1.54, 1.807) is 0 Å². The van der Waals surface area contributed by atoms with Crippen LogP contribution >= 0.6 is 11.6 Å². The molecule has 0 aromatic heterocycles. The van der Waals surface area contributed by atoms with Crippen molar-refractivity contribution in [2.75, 3.05) is 26.7 Å². The number of primary amides is 1. The van der Waals surface area contributed by atoms with E-state index >= 15 is 0 Å². The van der Waals surface area contributed by atoms with Crippen molar-refractivity contribution in [2.45, 2.75) is 57.0 Å². The van der Waals surface area contributed by atoms with Gasteiger partial charge in [0.2, 0.25) is 29.5 Å². The van der Waals surface area contributed by atoms with Crippen LogP contribution in [-0.4, -0.2) is 107 Å². The minimum Gasteiger partial charge on any atom is -0.481 e. The minimum atomic E-state index is -1.37. The molecule has 0 aromatic carbocycles. The predicted molar refractivity (Wildman–Crippen MR) is 143 cm³/mol. The molecule has 232 valence electrons. The summed E-state index contributed by atoms with van der Waals surface area (Å²) in [6.07, 6.45) is -1.17. The maximum absolute atomic E-state index is 12.6. The number of thiol groups is 1. The molecule has 0 saturated heterocycles. The molecule has 0 aromatic rings. The van der Waals surface area contributed by atoms with Crippen molar-refractivity contribution in [1.82, 2.24) is 26.6 Å². The summed E-state index contributed by atoms with van der Waals surface area (Å²) in [5.41, 5.74) is 4.95. The largest absolute Gasteiger partial charge is 0.481 e. The summed E-state index contributed by atoms with van der Waals surface area (Å²) in [5, 5.41) is 38.3. The van der Waals surface area contributed by atoms with Gasteiger partial charge >= 0.3 is 17.9 Å². The zero-order valence-corrected chi connectivity index (χ0v) is 23.2. The van der Waals surface area contributed by atoms with Crippen LogP contribution in [0.4, 0.5) is 0 Å². The van der Waals surface area contributed by atoms with E-state index in [1.807, 2.05) is 0 Å². The van der Waals surface area contributed by atoms with Crippen LogP contribution in [0.2, 0.25) is 0 Å². The van der Waals surface area contributed by atoms with Crippen molar-refractivity contribution in [3.63, 3.8) is 0 Å². The van der Waals surface area contributed by atoms with Crippen molar-refractivity contribution in [3.8, 4) is 0 Å². The number of rotatable bonds is 21. The summed E-state index contributed by atoms with van der Waals surface area (Å²) in [4.78, 5) is 93.6. The molecule has 0 fully saturated rings. The smallest absolute Gasteiger partial charge is 0.303 e. The molecule has 19 heteroatoms. The fourth-order valence-electron chi connectivity index (χ4n) is 3.02. The van der Waals surface area contributed by atoms with Crippen molar-refractivity contribution >= 4 is 64.1 Å². The third-order valence-corrected chi connectivity index (χ3v) is 5.70. The molecule has 10 N–H and O–H groups in total. The van der Waals surface area contributed by atoms with Crippen LogP contribution in [0, 0.1) is 0 Å². The van der Waals surface area contributed by atoms with Gasteiger partial charge < -0.3 is 46.5 Å². The van der Waals surface area contributed by atoms with Crippen LogP contribution < -0.4 is 32.3 Å². The average Bonchev–Trinajstić information content (AvgIpc) is 2.88. The number of hydrogen-bond donors (Lipinski definition) is 10. The summed E-state index contributed by atoms with van der Waals surface area (Å²) in [6.45, 7) is -1.61. The second kappa shape index (κ2) is 20.8. The number of nitrogens with two attached hydrogens (primary N) is 1. The van der Waals surface area contributed by atoms with E-state index in [2.05, 4.69) is 26.6 Å². The molecular formula is C22H36N6O12S. The van der Waals surface area contributed by atoms with Gasteiger partial charge in [0.15, 0.2) is 0 Å². The number of carboxylic acids is 3. The Kier molecular flexibility index (Phi) is 18.7. The molecule has 0 heterocycles. The molecule has 5 amide bonds. The summed E-state index contributed by atoms with van der Waals surface area (Å²) in [7, 11) is 1.39. The van der Waals surface area contributed by atoms with E-state index in [0.717, 1.165) is 0 Å². The molecule has 0 aliphatic carbocycles. The zero-order valence-electron chi connectivity index (χ0n) is 22.3. The first-order chi connectivity index (χ1) is 19.2. The lowest BCUT2D eigenvalue weighted by Gasteiger charge is -2.20. The van der Waals surface area contributed by atoms with Gasteiger partial charge in [0.05, 0.1) is 19.6 Å². The van der Waals surface area contributed by atoms with Crippen LogP contribution in [0.25, 0.3) is 0 Å². The van der Waals surface area contributed by atoms with E-state index in [0.29, 0.717) is 23.0 Å². The van der Waals surface area contributed by atoms with E-state index in [-0.39, 0.29) is 32.2 Å². The van der Waals surface area contributed by atoms with Gasteiger partial charge in [0.25, 0.3) is 0 Å². The Morgan fingerprint density at radius 3 is 1.54 bits per heavy atom. The summed E-state index contributed by atoms with van der Waals surface area (Å²) < 4.78 is 4.98. The molecule has 0 spiro atoms. The number of aliphatic carboxylic acids is 3. The Labute approximate surface area is 238 Å². The summed E-state index contributed by atoms with van der Waals surface area (Å²) >= 11 is 0.359. The van der Waals surface area contributed by atoms with E-state index in [9.17, 15) is 38.4 Å². The molecule has 18 nitrogen and oxygen atoms in total. The molecule has 0 aliphatic rings. The van der Waals surface area contributed by atoms with Crippen LogP contribution in [0.3, 0.4) is 0 Å². The van der Waals surface area contributed by atoms with Gasteiger partial charge in [-0.05, 0) is 25.7 Å². The first-order valence-corrected chi connectivity index (χ1v) is 13.0. The number of carbonyl (C=O) groups is 8. The Bertz CT molecular complexity index is 1010. The molecule has 41 heavy (non-hydrogen) atoms. The lowest BCUT2D eigenvalue weighted by Crippen LogP contribution is -2.53. The number of carbonyl (C=O) groups excluding carboxylic acids is 5. The molecular weight excluding hydrogens is 572 g/mol. The number of amides is 5. The SMILES string of the molecule is CO[SH]=C(CCCC(=O)O)NCC(=O)N[C@@H](CCC(=O)O)C(=O)NCC(=O)N[C@@H](CCC(=O)O)C(=O)NCC(N)=O. The molecule has 0 rings (SSSR count). The molecule has 0 unspecified atom stereocenters. The molecule has 2 atom stereocenters. The zero-order chi connectivity index (χ0) is 31.4. The minimum absolute atomic E-state index is 0.0972. The molecule has 0 saturated carbocycles. The van der Waals surface area contributed by atoms with Gasteiger partial charge in [-0.25, -0.2) is 0 Å². The monoisotopic (exact) mass is 608 g/mol. The highest BCUT2D eigenvalue weighted by atomic mass is 32.2. The maximum Gasteiger partial charge on any atom is 0.303 e. The summed E-state index contributed by atoms with van der Waals surface area (Å²) in [6, 6.07) is -2.72. The van der Waals surface area contributed by atoms with E-state index < -0.39 is 85.5 Å². The Hall–Kier alpha value is -4.10. The highest BCUT2D eigenvalue weighted by Crippen LogP contribution is 2.03. The van der Waals surface area contributed by atoms with Crippen molar-refractivity contribution in [2.24, 2.45) is 5.73 Å². The van der Waals surface area contributed by atoms with Crippen molar-refractivity contribution in [3.05, 3.63) is 0 Å². The van der Waals surface area contributed by atoms with Gasteiger partial charge in [0.1, 0.15) is 12.1 Å². The second-order valence-corrected chi connectivity index (χ2v) is 9.42. The van der Waals surface area contributed by atoms with Crippen LogP contribution in [0.15, 0.2) is 0 Å². The van der Waals surface area contributed by atoms with Crippen LogP contribution in [0.5, 0.6) is 0 Å². The first-order valence-electron chi connectivity index (χ1n) is 12.2. The second-order valence-electron chi connectivity index (χ2n) is 8.33. The van der Waals surface area contributed by atoms with Gasteiger partial charge in [-0.1, -0.05) is 11.6 Å². The predicted octanol–water partition coefficient (Wildman–Crippen LogP) is -3.60. The van der Waals surface area contributed by atoms with Gasteiger partial charge in [-0.3, -0.25) is 43.7 Å². The van der Waals surface area contributed by atoms with E-state index in [4.69, 9.17) is 25.2 Å². The topological polar surface area (TPSA) is 293 Å². The fraction of sp³-hybridized carbons (Fsp3) is 0.591. The third kappa shape index (κ3) is 19.6. The van der Waals surface area contributed by atoms with E-state index in [1.165, 1.54) is 7.11 Å². The maximum atomic E-state index is 12.6. The normalized spacial score (nSPS) is 12.6. The van der Waals surface area contributed by atoms with Crippen molar-refractivity contribution < 1.29 is 57.9 Å². The Morgan fingerprint density at radius 2 is 1.12 bits per heavy atom. The standard InChI is InChI=1S/C22H36N6O12S/c1-40-41-17(3-2-4-18(32)33)24-10-15(30)27-13(6-8-20(36)37)22(39)26-11-16(31)28-12(5-7-19(34)35)21(38)25-9-14(23)29/h12-13,24,41H,2-11H2,1H3,(H2,23,29)(H,25,38)(H,26,39)(H,27,30)(H,28,31)(H,32,33)(H,34,35)(H,36,37)/t12-,13-/m0/s1.